The molecular formula is C22H26N2O6. The van der Waals surface area contributed by atoms with Crippen LogP contribution in [0.15, 0.2) is 24.3 Å². The lowest BCUT2D eigenvalue weighted by atomic mass is 9.84. The lowest BCUT2D eigenvalue weighted by molar-refractivity contribution is 0.0212. The van der Waals surface area contributed by atoms with Gasteiger partial charge in [0, 0.05) is 44.1 Å². The normalized spacial score (nSPS) is 22.5. The van der Waals surface area contributed by atoms with Crippen LogP contribution < -0.4 is 29.3 Å². The standard InChI is InChI=1S/C22H26N2O6/c1-23-30-22-16(25)7-13(8-20(22)26-2)14-10-21(24-5-3-4-6-24)29-17-11-19-18(9-15(14)17)27-12-28-19/h7-9,11,14,21,23,25H,3-6,10,12H2,1-2H3. The summed E-state index contributed by atoms with van der Waals surface area (Å²) in [5.41, 5.74) is 4.53. The molecular weight excluding hydrogens is 388 g/mol. The van der Waals surface area contributed by atoms with E-state index in [1.807, 2.05) is 18.2 Å². The molecule has 0 bridgehead atoms. The molecule has 0 radical (unpaired) electrons. The Bertz CT molecular complexity index is 944. The molecule has 3 aliphatic heterocycles. The van der Waals surface area contributed by atoms with Crippen LogP contribution in [0.5, 0.6) is 34.5 Å². The molecule has 8 heteroatoms. The molecule has 3 heterocycles. The predicted molar refractivity (Wildman–Crippen MR) is 109 cm³/mol. The maximum absolute atomic E-state index is 10.6. The third kappa shape index (κ3) is 3.26. The van der Waals surface area contributed by atoms with Crippen molar-refractivity contribution in [2.24, 2.45) is 0 Å². The van der Waals surface area contributed by atoms with E-state index < -0.39 is 0 Å². The molecule has 2 atom stereocenters. The summed E-state index contributed by atoms with van der Waals surface area (Å²) in [4.78, 5) is 7.72. The number of nitrogens with zero attached hydrogens (tertiary/aromatic N) is 1. The summed E-state index contributed by atoms with van der Waals surface area (Å²) in [6.07, 6.45) is 3.10. The molecule has 2 aromatic carbocycles. The summed E-state index contributed by atoms with van der Waals surface area (Å²) in [6.45, 7) is 2.27. The van der Waals surface area contributed by atoms with Crippen LogP contribution in [0.4, 0.5) is 0 Å². The number of hydrogen-bond acceptors (Lipinski definition) is 8. The quantitative estimate of drug-likeness (QED) is 0.723. The molecule has 2 aromatic rings. The van der Waals surface area contributed by atoms with Gasteiger partial charge in [0.1, 0.15) is 5.75 Å². The molecule has 2 unspecified atom stereocenters. The van der Waals surface area contributed by atoms with Crippen LogP contribution in [0.25, 0.3) is 0 Å². The van der Waals surface area contributed by atoms with E-state index in [9.17, 15) is 5.11 Å². The molecule has 0 aromatic heterocycles. The Morgan fingerprint density at radius 3 is 2.57 bits per heavy atom. The average Bonchev–Trinajstić information content (AvgIpc) is 3.44. The Morgan fingerprint density at radius 1 is 1.07 bits per heavy atom. The minimum Gasteiger partial charge on any atom is -0.504 e. The molecule has 160 valence electrons. The van der Waals surface area contributed by atoms with Gasteiger partial charge >= 0.3 is 0 Å². The molecule has 0 aliphatic carbocycles. The van der Waals surface area contributed by atoms with Gasteiger partial charge in [-0.25, -0.2) is 0 Å². The van der Waals surface area contributed by atoms with E-state index in [0.717, 1.165) is 36.4 Å². The van der Waals surface area contributed by atoms with Gasteiger partial charge in [-0.3, -0.25) is 4.90 Å². The van der Waals surface area contributed by atoms with E-state index >= 15 is 0 Å². The zero-order chi connectivity index (χ0) is 20.7. The minimum absolute atomic E-state index is 0.00251. The van der Waals surface area contributed by atoms with Gasteiger partial charge in [-0.1, -0.05) is 0 Å². The van der Waals surface area contributed by atoms with Crippen molar-refractivity contribution in [2.75, 3.05) is 34.0 Å². The SMILES string of the molecule is CNOc1c(O)cc(C2CC(N3CCCC3)Oc3cc4c(cc32)OCO4)cc1OC. The number of likely N-dealkylation sites (tertiary alicyclic amines) is 1. The Labute approximate surface area is 175 Å². The molecule has 8 nitrogen and oxygen atoms in total. The van der Waals surface area contributed by atoms with Crippen molar-refractivity contribution >= 4 is 0 Å². The topological polar surface area (TPSA) is 81.7 Å². The highest BCUT2D eigenvalue weighted by Gasteiger charge is 2.36. The van der Waals surface area contributed by atoms with Crippen LogP contribution in [0.1, 0.15) is 36.3 Å². The van der Waals surface area contributed by atoms with Crippen LogP contribution in [-0.4, -0.2) is 50.3 Å². The van der Waals surface area contributed by atoms with Gasteiger partial charge in [-0.15, -0.1) is 0 Å². The summed E-state index contributed by atoms with van der Waals surface area (Å²) >= 11 is 0. The number of methoxy groups -OCH3 is 1. The van der Waals surface area contributed by atoms with Gasteiger partial charge in [-0.2, -0.15) is 5.48 Å². The monoisotopic (exact) mass is 414 g/mol. The first-order chi connectivity index (χ1) is 14.7. The molecule has 5 rings (SSSR count). The number of hydroxylamine groups is 1. The number of phenols is 1. The molecule has 1 fully saturated rings. The maximum atomic E-state index is 10.6. The lowest BCUT2D eigenvalue weighted by Crippen LogP contribution is -2.41. The number of phenolic OH excluding ortho intramolecular Hbond substituents is 1. The van der Waals surface area contributed by atoms with E-state index in [0.29, 0.717) is 17.2 Å². The fourth-order valence-electron chi connectivity index (χ4n) is 4.57. The first-order valence-electron chi connectivity index (χ1n) is 10.3. The maximum Gasteiger partial charge on any atom is 0.231 e. The van der Waals surface area contributed by atoms with Gasteiger partial charge < -0.3 is 28.9 Å². The molecule has 0 amide bonds. The van der Waals surface area contributed by atoms with Crippen LogP contribution in [0.3, 0.4) is 0 Å². The van der Waals surface area contributed by atoms with Crippen LogP contribution in [-0.2, 0) is 0 Å². The number of fused-ring (bicyclic) bond motifs is 2. The molecule has 0 saturated carbocycles. The number of aromatic hydroxyl groups is 1. The first kappa shape index (κ1) is 19.1. The largest absolute Gasteiger partial charge is 0.504 e. The number of nitrogens with one attached hydrogen (secondary N) is 1. The van der Waals surface area contributed by atoms with Crippen molar-refractivity contribution < 1.29 is 28.9 Å². The van der Waals surface area contributed by atoms with E-state index in [2.05, 4.69) is 10.4 Å². The molecule has 0 spiro atoms. The van der Waals surface area contributed by atoms with Gasteiger partial charge in [0.2, 0.25) is 12.5 Å². The summed E-state index contributed by atoms with van der Waals surface area (Å²) in [7, 11) is 3.19. The van der Waals surface area contributed by atoms with Crippen molar-refractivity contribution in [3.63, 3.8) is 0 Å². The lowest BCUT2D eigenvalue weighted by Gasteiger charge is -2.37. The number of ether oxygens (including phenoxy) is 4. The Kier molecular flexibility index (Phi) is 4.96. The molecule has 2 N–H and O–H groups in total. The summed E-state index contributed by atoms with van der Waals surface area (Å²) in [5.74, 6) is 2.95. The Hall–Kier alpha value is -2.84. The second-order valence-corrected chi connectivity index (χ2v) is 7.72. The summed E-state index contributed by atoms with van der Waals surface area (Å²) in [5, 5.41) is 10.6. The summed E-state index contributed by atoms with van der Waals surface area (Å²) < 4.78 is 23.1. The second-order valence-electron chi connectivity index (χ2n) is 7.72. The molecule has 1 saturated heterocycles. The molecule has 30 heavy (non-hydrogen) atoms. The van der Waals surface area contributed by atoms with E-state index in [4.69, 9.17) is 23.8 Å². The van der Waals surface area contributed by atoms with E-state index in [1.54, 1.807) is 20.2 Å². The second kappa shape index (κ2) is 7.77. The highest BCUT2D eigenvalue weighted by Crippen LogP contribution is 2.49. The summed E-state index contributed by atoms with van der Waals surface area (Å²) in [6, 6.07) is 7.56. The first-order valence-corrected chi connectivity index (χ1v) is 10.3. The Balaban J connectivity index is 1.58. The van der Waals surface area contributed by atoms with Crippen LogP contribution in [0.2, 0.25) is 0 Å². The van der Waals surface area contributed by atoms with Gasteiger partial charge in [0.25, 0.3) is 0 Å². The van der Waals surface area contributed by atoms with E-state index in [-0.39, 0.29) is 30.4 Å². The highest BCUT2D eigenvalue weighted by molar-refractivity contribution is 5.59. The van der Waals surface area contributed by atoms with Crippen molar-refractivity contribution in [1.82, 2.24) is 10.4 Å². The number of benzene rings is 2. The van der Waals surface area contributed by atoms with Crippen molar-refractivity contribution in [1.29, 1.82) is 0 Å². The average molecular weight is 414 g/mol. The zero-order valence-electron chi connectivity index (χ0n) is 17.1. The Morgan fingerprint density at radius 2 is 1.83 bits per heavy atom. The van der Waals surface area contributed by atoms with Crippen molar-refractivity contribution in [3.8, 4) is 34.5 Å². The zero-order valence-corrected chi connectivity index (χ0v) is 17.1. The third-order valence-corrected chi connectivity index (χ3v) is 6.01. The third-order valence-electron chi connectivity index (χ3n) is 6.01. The van der Waals surface area contributed by atoms with Crippen LogP contribution >= 0.6 is 0 Å². The smallest absolute Gasteiger partial charge is 0.231 e. The fraction of sp³-hybridized carbons (Fsp3) is 0.455. The van der Waals surface area contributed by atoms with Crippen LogP contribution in [0, 0.1) is 0 Å². The van der Waals surface area contributed by atoms with Crippen molar-refractivity contribution in [3.05, 3.63) is 35.4 Å². The molecule has 3 aliphatic rings. The highest BCUT2D eigenvalue weighted by atomic mass is 16.7. The van der Waals surface area contributed by atoms with Crippen molar-refractivity contribution in [2.45, 2.75) is 31.4 Å². The van der Waals surface area contributed by atoms with Gasteiger partial charge in [0.15, 0.2) is 29.2 Å². The number of rotatable bonds is 5. The van der Waals surface area contributed by atoms with E-state index in [1.165, 1.54) is 12.8 Å². The van der Waals surface area contributed by atoms with Gasteiger partial charge in [0.05, 0.1) is 7.11 Å². The predicted octanol–water partition coefficient (Wildman–Crippen LogP) is 2.98. The van der Waals surface area contributed by atoms with Gasteiger partial charge in [-0.05, 0) is 36.6 Å². The fourth-order valence-corrected chi connectivity index (χ4v) is 4.57. The number of hydrogen-bond donors (Lipinski definition) is 2. The minimum atomic E-state index is -0.0354.